The van der Waals surface area contributed by atoms with E-state index in [4.69, 9.17) is 4.74 Å². The Morgan fingerprint density at radius 1 is 0.963 bits per heavy atom. The summed E-state index contributed by atoms with van der Waals surface area (Å²) in [4.78, 5) is 1.19. The van der Waals surface area contributed by atoms with E-state index in [1.165, 1.54) is 64.3 Å². The minimum Gasteiger partial charge on any atom is -0.486 e. The Morgan fingerprint density at radius 2 is 1.89 bits per heavy atom. The van der Waals surface area contributed by atoms with Gasteiger partial charge in [-0.2, -0.15) is 0 Å². The predicted molar refractivity (Wildman–Crippen MR) is 112 cm³/mol. The molecule has 2 aromatic carbocycles. The second-order valence-electron chi connectivity index (χ2n) is 7.39. The van der Waals surface area contributed by atoms with Gasteiger partial charge in [-0.05, 0) is 108 Å². The molecule has 0 spiro atoms. The summed E-state index contributed by atoms with van der Waals surface area (Å²) in [7, 11) is 0. The highest BCUT2D eigenvalue weighted by Gasteiger charge is 2.27. The summed E-state index contributed by atoms with van der Waals surface area (Å²) >= 11 is 1.52. The first-order valence-corrected chi connectivity index (χ1v) is 10.6. The van der Waals surface area contributed by atoms with Gasteiger partial charge in [0.2, 0.25) is 0 Å². The van der Waals surface area contributed by atoms with E-state index in [1.54, 1.807) is 5.57 Å². The van der Waals surface area contributed by atoms with Crippen molar-refractivity contribution in [2.45, 2.75) is 44.6 Å². The number of ether oxygens (including phenoxy) is 1. The Morgan fingerprint density at radius 3 is 2.67 bits per heavy atom. The topological polar surface area (TPSA) is 22.1 Å². The molecule has 0 radical (unpaired) electrons. The fourth-order valence-electron chi connectivity index (χ4n) is 4.35. The molecule has 1 aromatic heterocycles. The maximum absolute atomic E-state index is 6.38. The number of hydrogen-bond acceptors (Lipinski definition) is 3. The van der Waals surface area contributed by atoms with Crippen molar-refractivity contribution in [3.05, 3.63) is 77.5 Å². The molecule has 0 aliphatic heterocycles. The molecule has 27 heavy (non-hydrogen) atoms. The normalized spacial score (nSPS) is 18.8. The van der Waals surface area contributed by atoms with Crippen molar-refractivity contribution in [1.82, 2.24) is 4.37 Å². The molecule has 2 aliphatic rings. The van der Waals surface area contributed by atoms with E-state index in [2.05, 4.69) is 59.0 Å². The van der Waals surface area contributed by atoms with Crippen LogP contribution in [0, 0.1) is 0 Å². The third kappa shape index (κ3) is 3.32. The summed E-state index contributed by atoms with van der Waals surface area (Å²) in [5, 5.41) is 0. The quantitative estimate of drug-likeness (QED) is 0.500. The highest BCUT2D eigenvalue weighted by molar-refractivity contribution is 7.09. The molecule has 3 aromatic rings. The summed E-state index contributed by atoms with van der Waals surface area (Å²) in [6.07, 6.45) is 11.8. The van der Waals surface area contributed by atoms with Gasteiger partial charge in [-0.3, -0.25) is 0 Å². The summed E-state index contributed by atoms with van der Waals surface area (Å²) in [6.45, 7) is 0. The predicted octanol–water partition coefficient (Wildman–Crippen LogP) is 6.83. The Balaban J connectivity index is 1.37. The minimum absolute atomic E-state index is 0.165. The van der Waals surface area contributed by atoms with E-state index in [-0.39, 0.29) is 6.10 Å². The lowest BCUT2D eigenvalue weighted by Gasteiger charge is -2.18. The monoisotopic (exact) mass is 373 g/mol. The lowest BCUT2D eigenvalue weighted by molar-refractivity contribution is 0.207. The van der Waals surface area contributed by atoms with Crippen LogP contribution < -0.4 is 4.74 Å². The smallest absolute Gasteiger partial charge is 0.124 e. The average Bonchev–Trinajstić information content (AvgIpc) is 3.40. The fourth-order valence-corrected chi connectivity index (χ4v) is 4.95. The molecule has 1 atom stereocenters. The third-order valence-corrected chi connectivity index (χ3v) is 6.50. The molecule has 2 nitrogen and oxygen atoms in total. The van der Waals surface area contributed by atoms with Gasteiger partial charge < -0.3 is 4.74 Å². The van der Waals surface area contributed by atoms with Crippen LogP contribution in [0.2, 0.25) is 0 Å². The molecule has 2 aliphatic carbocycles. The summed E-state index contributed by atoms with van der Waals surface area (Å²) in [5.74, 6) is 0.948. The molecule has 0 N–H and O–H groups in total. The van der Waals surface area contributed by atoms with Crippen LogP contribution in [-0.4, -0.2) is 4.37 Å². The van der Waals surface area contributed by atoms with E-state index < -0.39 is 0 Å². The molecular weight excluding hydrogens is 350 g/mol. The lowest BCUT2D eigenvalue weighted by Crippen LogP contribution is -2.04. The molecule has 0 bridgehead atoms. The molecule has 136 valence electrons. The van der Waals surface area contributed by atoms with Crippen LogP contribution in [0.5, 0.6) is 5.75 Å². The molecule has 0 fully saturated rings. The Labute approximate surface area is 164 Å². The second kappa shape index (κ2) is 7.32. The minimum atomic E-state index is 0.165. The van der Waals surface area contributed by atoms with Crippen molar-refractivity contribution in [1.29, 1.82) is 0 Å². The number of benzene rings is 2. The molecule has 1 heterocycles. The number of rotatable bonds is 4. The van der Waals surface area contributed by atoms with E-state index >= 15 is 0 Å². The van der Waals surface area contributed by atoms with Crippen molar-refractivity contribution >= 4 is 17.1 Å². The van der Waals surface area contributed by atoms with E-state index in [9.17, 15) is 0 Å². The molecule has 3 heteroatoms. The van der Waals surface area contributed by atoms with Gasteiger partial charge in [0.25, 0.3) is 0 Å². The first-order valence-electron chi connectivity index (χ1n) is 9.87. The van der Waals surface area contributed by atoms with Crippen molar-refractivity contribution in [2.24, 2.45) is 0 Å². The van der Waals surface area contributed by atoms with Crippen molar-refractivity contribution in [2.75, 3.05) is 0 Å². The van der Waals surface area contributed by atoms with Crippen LogP contribution in [0.15, 0.2) is 60.8 Å². The number of hydrogen-bond donors (Lipinski definition) is 0. The van der Waals surface area contributed by atoms with Crippen LogP contribution in [0.4, 0.5) is 0 Å². The summed E-state index contributed by atoms with van der Waals surface area (Å²) < 4.78 is 10.6. The summed E-state index contributed by atoms with van der Waals surface area (Å²) in [6, 6.07) is 17.2. The zero-order chi connectivity index (χ0) is 18.1. The Kier molecular flexibility index (Phi) is 4.54. The maximum atomic E-state index is 6.38. The number of aromatic nitrogens is 1. The van der Waals surface area contributed by atoms with Crippen LogP contribution in [-0.2, 0) is 6.42 Å². The molecule has 0 saturated carbocycles. The first kappa shape index (κ1) is 16.8. The standard InChI is InChI=1S/C24H23NOS/c1-2-5-17(6-3-1)20-7-4-8-22-21(20)13-14-23(22)26-19-11-9-18(10-12-19)24-15-16-25-27-24/h4-5,7-12,15-16,23H,1-3,6,13-14H2/t23-/m1/s1. The van der Waals surface area contributed by atoms with E-state index in [0.29, 0.717) is 0 Å². The van der Waals surface area contributed by atoms with Crippen LogP contribution in [0.1, 0.15) is 54.9 Å². The largest absolute Gasteiger partial charge is 0.486 e. The zero-order valence-corrected chi connectivity index (χ0v) is 16.2. The van der Waals surface area contributed by atoms with Gasteiger partial charge in [-0.1, -0.05) is 24.3 Å². The van der Waals surface area contributed by atoms with E-state index in [1.807, 2.05) is 6.20 Å². The maximum Gasteiger partial charge on any atom is 0.124 e. The average molecular weight is 374 g/mol. The van der Waals surface area contributed by atoms with Gasteiger partial charge in [0, 0.05) is 6.20 Å². The first-order chi connectivity index (χ1) is 13.4. The van der Waals surface area contributed by atoms with E-state index in [0.717, 1.165) is 18.6 Å². The number of nitrogens with zero attached hydrogens (tertiary/aromatic N) is 1. The summed E-state index contributed by atoms with van der Waals surface area (Å²) in [5.41, 5.74) is 7.11. The number of allylic oxidation sites excluding steroid dienone is 2. The van der Waals surface area contributed by atoms with Crippen molar-refractivity contribution in [3.8, 4) is 16.2 Å². The van der Waals surface area contributed by atoms with Crippen LogP contribution in [0.25, 0.3) is 16.0 Å². The number of fused-ring (bicyclic) bond motifs is 1. The van der Waals surface area contributed by atoms with Gasteiger partial charge in [-0.15, -0.1) is 0 Å². The zero-order valence-electron chi connectivity index (χ0n) is 15.4. The highest BCUT2D eigenvalue weighted by atomic mass is 32.1. The van der Waals surface area contributed by atoms with Gasteiger partial charge in [-0.25, -0.2) is 4.37 Å². The SMILES string of the molecule is C1=C(c2cccc3c2CC[C@H]3Oc2ccc(-c3ccns3)cc2)CCCC1. The molecule has 0 saturated heterocycles. The molecule has 0 amide bonds. The van der Waals surface area contributed by atoms with Gasteiger partial charge in [0.15, 0.2) is 0 Å². The van der Waals surface area contributed by atoms with Gasteiger partial charge in [0.05, 0.1) is 4.88 Å². The molecular formula is C24H23NOS. The van der Waals surface area contributed by atoms with Crippen molar-refractivity contribution in [3.63, 3.8) is 0 Å². The fraction of sp³-hybridized carbons (Fsp3) is 0.292. The van der Waals surface area contributed by atoms with Gasteiger partial charge in [0.1, 0.15) is 11.9 Å². The lowest BCUT2D eigenvalue weighted by atomic mass is 9.89. The Hall–Kier alpha value is -2.39. The third-order valence-electron chi connectivity index (χ3n) is 5.71. The second-order valence-corrected chi connectivity index (χ2v) is 8.23. The Bertz CT molecular complexity index is 957. The molecule has 0 unspecified atom stereocenters. The van der Waals surface area contributed by atoms with Crippen LogP contribution >= 0.6 is 11.5 Å². The van der Waals surface area contributed by atoms with Crippen LogP contribution in [0.3, 0.4) is 0 Å². The highest BCUT2D eigenvalue weighted by Crippen LogP contribution is 2.40. The molecule has 5 rings (SSSR count). The van der Waals surface area contributed by atoms with Crippen molar-refractivity contribution < 1.29 is 4.74 Å². The van der Waals surface area contributed by atoms with Gasteiger partial charge >= 0.3 is 0 Å².